The number of carbonyl (C=O) groups excluding carboxylic acids is 1. The van der Waals surface area contributed by atoms with Gasteiger partial charge in [0, 0.05) is 6.04 Å². The first kappa shape index (κ1) is 13.3. The molecule has 5 heteroatoms. The minimum absolute atomic E-state index is 0.194. The van der Waals surface area contributed by atoms with Crippen LogP contribution in [0.4, 0.5) is 0 Å². The predicted molar refractivity (Wildman–Crippen MR) is 66.8 cm³/mol. The van der Waals surface area contributed by atoms with E-state index >= 15 is 0 Å². The van der Waals surface area contributed by atoms with Crippen LogP contribution in [0.15, 0.2) is 0 Å². The van der Waals surface area contributed by atoms with Gasteiger partial charge in [-0.25, -0.2) is 0 Å². The standard InChI is InChI=1S/C13H22N2O3/c1-2-3-9(14)12(16)15-11-8-5-4-7(6-8)10(11)13(17)18/h7-11H,2-6,14H2,1H3,(H,15,16)(H,17,18). The molecule has 2 fully saturated rings. The van der Waals surface area contributed by atoms with Gasteiger partial charge in [0.2, 0.25) is 5.91 Å². The molecule has 102 valence electrons. The summed E-state index contributed by atoms with van der Waals surface area (Å²) in [5, 5.41) is 12.2. The van der Waals surface area contributed by atoms with Crippen molar-refractivity contribution < 1.29 is 14.7 Å². The minimum atomic E-state index is -0.781. The monoisotopic (exact) mass is 254 g/mol. The fourth-order valence-corrected chi connectivity index (χ4v) is 3.57. The Morgan fingerprint density at radius 3 is 2.67 bits per heavy atom. The summed E-state index contributed by atoms with van der Waals surface area (Å²) in [5.41, 5.74) is 5.77. The average molecular weight is 254 g/mol. The van der Waals surface area contributed by atoms with E-state index < -0.39 is 17.9 Å². The largest absolute Gasteiger partial charge is 0.481 e. The minimum Gasteiger partial charge on any atom is -0.481 e. The second kappa shape index (κ2) is 5.26. The second-order valence-corrected chi connectivity index (χ2v) is 5.63. The molecule has 5 atom stereocenters. The van der Waals surface area contributed by atoms with Crippen molar-refractivity contribution >= 4 is 11.9 Å². The first-order valence-corrected chi connectivity index (χ1v) is 6.83. The van der Waals surface area contributed by atoms with Gasteiger partial charge in [0.15, 0.2) is 0 Å². The molecule has 0 aliphatic heterocycles. The van der Waals surface area contributed by atoms with E-state index in [9.17, 15) is 14.7 Å². The van der Waals surface area contributed by atoms with Crippen LogP contribution in [-0.4, -0.2) is 29.1 Å². The number of fused-ring (bicyclic) bond motifs is 2. The zero-order valence-electron chi connectivity index (χ0n) is 10.8. The molecule has 5 unspecified atom stereocenters. The quantitative estimate of drug-likeness (QED) is 0.674. The van der Waals surface area contributed by atoms with Crippen LogP contribution in [0, 0.1) is 17.8 Å². The molecule has 2 saturated carbocycles. The van der Waals surface area contributed by atoms with Crippen LogP contribution in [0.5, 0.6) is 0 Å². The molecule has 0 aromatic carbocycles. The molecule has 2 aliphatic rings. The summed E-state index contributed by atoms with van der Waals surface area (Å²) >= 11 is 0. The Labute approximate surface area is 107 Å². The summed E-state index contributed by atoms with van der Waals surface area (Å²) in [6, 6.07) is -0.722. The van der Waals surface area contributed by atoms with Crippen molar-refractivity contribution in [2.24, 2.45) is 23.5 Å². The van der Waals surface area contributed by atoms with Gasteiger partial charge in [0.05, 0.1) is 12.0 Å². The molecule has 0 spiro atoms. The van der Waals surface area contributed by atoms with Gasteiger partial charge in [-0.15, -0.1) is 0 Å². The van der Waals surface area contributed by atoms with Gasteiger partial charge in [-0.2, -0.15) is 0 Å². The summed E-state index contributed by atoms with van der Waals surface area (Å²) in [4.78, 5) is 23.2. The Balaban J connectivity index is 1.99. The number of nitrogens with two attached hydrogens (primary N) is 1. The van der Waals surface area contributed by atoms with Crippen LogP contribution in [0.2, 0.25) is 0 Å². The van der Waals surface area contributed by atoms with Gasteiger partial charge >= 0.3 is 5.97 Å². The smallest absolute Gasteiger partial charge is 0.308 e. The number of carbonyl (C=O) groups is 2. The molecule has 2 aliphatic carbocycles. The van der Waals surface area contributed by atoms with E-state index in [0.29, 0.717) is 12.3 Å². The summed E-state index contributed by atoms with van der Waals surface area (Å²) in [5.74, 6) is -0.826. The highest BCUT2D eigenvalue weighted by Crippen LogP contribution is 2.48. The Bertz CT molecular complexity index is 345. The Morgan fingerprint density at radius 2 is 2.06 bits per heavy atom. The lowest BCUT2D eigenvalue weighted by molar-refractivity contribution is -0.144. The van der Waals surface area contributed by atoms with E-state index in [1.165, 1.54) is 0 Å². The lowest BCUT2D eigenvalue weighted by atomic mass is 9.84. The molecule has 5 nitrogen and oxygen atoms in total. The number of nitrogens with one attached hydrogen (secondary N) is 1. The first-order valence-electron chi connectivity index (χ1n) is 6.83. The number of amides is 1. The number of rotatable bonds is 5. The molecule has 18 heavy (non-hydrogen) atoms. The van der Waals surface area contributed by atoms with Crippen LogP contribution in [0.3, 0.4) is 0 Å². The van der Waals surface area contributed by atoms with Crippen molar-refractivity contribution in [3.8, 4) is 0 Å². The second-order valence-electron chi connectivity index (χ2n) is 5.63. The highest BCUT2D eigenvalue weighted by atomic mass is 16.4. The highest BCUT2D eigenvalue weighted by molar-refractivity contribution is 5.83. The first-order chi connectivity index (χ1) is 8.54. The van der Waals surface area contributed by atoms with Gasteiger partial charge in [-0.05, 0) is 37.5 Å². The van der Waals surface area contributed by atoms with Crippen molar-refractivity contribution in [2.45, 2.75) is 51.1 Å². The molecule has 2 rings (SSSR count). The zero-order chi connectivity index (χ0) is 13.3. The van der Waals surface area contributed by atoms with Crippen molar-refractivity contribution in [1.29, 1.82) is 0 Å². The van der Waals surface area contributed by atoms with Gasteiger partial charge in [-0.3, -0.25) is 9.59 Å². The van der Waals surface area contributed by atoms with Crippen LogP contribution >= 0.6 is 0 Å². The molecular weight excluding hydrogens is 232 g/mol. The van der Waals surface area contributed by atoms with Crippen molar-refractivity contribution in [3.63, 3.8) is 0 Å². The van der Waals surface area contributed by atoms with Crippen LogP contribution in [0.25, 0.3) is 0 Å². The fraction of sp³-hybridized carbons (Fsp3) is 0.846. The third-order valence-corrected chi connectivity index (χ3v) is 4.45. The number of hydrogen-bond acceptors (Lipinski definition) is 3. The van der Waals surface area contributed by atoms with Crippen LogP contribution < -0.4 is 11.1 Å². The van der Waals surface area contributed by atoms with Gasteiger partial charge < -0.3 is 16.2 Å². The number of aliphatic carboxylic acids is 1. The Kier molecular flexibility index (Phi) is 3.90. The predicted octanol–water partition coefficient (Wildman–Crippen LogP) is 0.729. The molecule has 2 bridgehead atoms. The number of carboxylic acid groups (broad SMARTS) is 1. The lowest BCUT2D eigenvalue weighted by Crippen LogP contribution is -2.51. The topological polar surface area (TPSA) is 92.4 Å². The molecular formula is C13H22N2O3. The van der Waals surface area contributed by atoms with Gasteiger partial charge in [0.25, 0.3) is 0 Å². The number of hydrogen-bond donors (Lipinski definition) is 3. The lowest BCUT2D eigenvalue weighted by Gasteiger charge is -2.29. The molecule has 0 saturated heterocycles. The highest BCUT2D eigenvalue weighted by Gasteiger charge is 2.51. The molecule has 0 heterocycles. The fourth-order valence-electron chi connectivity index (χ4n) is 3.57. The maximum Gasteiger partial charge on any atom is 0.308 e. The van der Waals surface area contributed by atoms with Gasteiger partial charge in [0.1, 0.15) is 0 Å². The van der Waals surface area contributed by atoms with E-state index in [1.54, 1.807) is 0 Å². The summed E-state index contributed by atoms with van der Waals surface area (Å²) in [6.07, 6.45) is 4.44. The van der Waals surface area contributed by atoms with E-state index in [0.717, 1.165) is 25.7 Å². The number of carboxylic acids is 1. The molecule has 0 aromatic rings. The van der Waals surface area contributed by atoms with E-state index in [4.69, 9.17) is 5.73 Å². The summed E-state index contributed by atoms with van der Waals surface area (Å²) in [7, 11) is 0. The van der Waals surface area contributed by atoms with Crippen LogP contribution in [-0.2, 0) is 9.59 Å². The molecule has 4 N–H and O–H groups in total. The molecule has 0 radical (unpaired) electrons. The third kappa shape index (κ3) is 2.36. The van der Waals surface area contributed by atoms with Crippen molar-refractivity contribution in [2.75, 3.05) is 0 Å². The average Bonchev–Trinajstić information content (AvgIpc) is 2.89. The zero-order valence-corrected chi connectivity index (χ0v) is 10.8. The van der Waals surface area contributed by atoms with E-state index in [2.05, 4.69) is 5.32 Å². The Morgan fingerprint density at radius 1 is 1.39 bits per heavy atom. The summed E-state index contributed by atoms with van der Waals surface area (Å²) in [6.45, 7) is 1.98. The van der Waals surface area contributed by atoms with Crippen molar-refractivity contribution in [3.05, 3.63) is 0 Å². The maximum absolute atomic E-state index is 11.9. The summed E-state index contributed by atoms with van der Waals surface area (Å²) < 4.78 is 0. The van der Waals surface area contributed by atoms with E-state index in [1.807, 2.05) is 6.92 Å². The molecule has 1 amide bonds. The maximum atomic E-state index is 11.9. The SMILES string of the molecule is CCCC(N)C(=O)NC1C2CCC(C2)C1C(=O)O. The normalized spacial score (nSPS) is 35.4. The van der Waals surface area contributed by atoms with E-state index in [-0.39, 0.29) is 17.9 Å². The Hall–Kier alpha value is -1.10. The third-order valence-electron chi connectivity index (χ3n) is 4.45. The molecule has 0 aromatic heterocycles. The van der Waals surface area contributed by atoms with Crippen LogP contribution in [0.1, 0.15) is 39.0 Å². The van der Waals surface area contributed by atoms with Gasteiger partial charge in [-0.1, -0.05) is 13.3 Å². The van der Waals surface area contributed by atoms with Crippen molar-refractivity contribution in [1.82, 2.24) is 5.32 Å².